The van der Waals surface area contributed by atoms with Crippen LogP contribution < -0.4 is 10.6 Å². The van der Waals surface area contributed by atoms with E-state index in [1.54, 1.807) is 13.8 Å². The number of ether oxygens (including phenoxy) is 1. The molecule has 0 bridgehead atoms. The minimum Gasteiger partial charge on any atom is -0.481 e. The number of fused-ring (bicyclic) bond motifs is 4. The summed E-state index contributed by atoms with van der Waals surface area (Å²) >= 11 is 0. The fourth-order valence-corrected chi connectivity index (χ4v) is 5.78. The Bertz CT molecular complexity index is 1100. The predicted octanol–water partition coefficient (Wildman–Crippen LogP) is 3.92. The second kappa shape index (κ2) is 8.46. The summed E-state index contributed by atoms with van der Waals surface area (Å²) in [6.45, 7) is 3.56. The van der Waals surface area contributed by atoms with Gasteiger partial charge in [-0.15, -0.1) is 0 Å². The number of carboxylic acids is 1. The van der Waals surface area contributed by atoms with Crippen molar-refractivity contribution in [2.24, 2.45) is 17.3 Å². The first-order chi connectivity index (χ1) is 16.3. The lowest BCUT2D eigenvalue weighted by Crippen LogP contribution is -2.44. The number of rotatable bonds is 7. The summed E-state index contributed by atoms with van der Waals surface area (Å²) in [4.78, 5) is 36.7. The minimum atomic E-state index is -0.932. The molecule has 2 unspecified atom stereocenters. The van der Waals surface area contributed by atoms with Gasteiger partial charge < -0.3 is 20.5 Å². The van der Waals surface area contributed by atoms with Crippen LogP contribution in [0.2, 0.25) is 0 Å². The van der Waals surface area contributed by atoms with Gasteiger partial charge in [-0.25, -0.2) is 4.79 Å². The van der Waals surface area contributed by atoms with Crippen molar-refractivity contribution in [1.82, 2.24) is 10.6 Å². The number of benzene rings is 2. The fraction of sp³-hybridized carbons (Fsp3) is 0.444. The molecule has 178 valence electrons. The van der Waals surface area contributed by atoms with Gasteiger partial charge in [-0.3, -0.25) is 9.59 Å². The van der Waals surface area contributed by atoms with Crippen LogP contribution in [0.25, 0.3) is 11.1 Å². The number of carbonyl (C=O) groups excluding carboxylic acids is 2. The van der Waals surface area contributed by atoms with Crippen LogP contribution in [0.1, 0.15) is 50.2 Å². The molecule has 5 rings (SSSR count). The summed E-state index contributed by atoms with van der Waals surface area (Å²) in [7, 11) is 0. The molecule has 0 aliphatic heterocycles. The molecule has 2 fully saturated rings. The molecule has 3 aliphatic carbocycles. The molecule has 5 atom stereocenters. The number of hydrogen-bond donors (Lipinski definition) is 3. The van der Waals surface area contributed by atoms with Gasteiger partial charge in [0.25, 0.3) is 0 Å². The maximum absolute atomic E-state index is 12.9. The van der Waals surface area contributed by atoms with Crippen LogP contribution in [0.3, 0.4) is 0 Å². The standard InChI is InChI=1S/C27H30N2O5/c1-15(24(30)31)16(2)28-25(32)27-12-17(27)11-18(13-27)29-26(33)34-14-23-21-9-5-3-7-19(21)20-8-4-6-10-22(20)23/h3-10,15-18,23H,11-14H2,1-2H3,(H,28,32)(H,29,33)(H,30,31)/t15?,16?,17-,18+,27+/m1/s1. The first-order valence-corrected chi connectivity index (χ1v) is 12.0. The highest BCUT2D eigenvalue weighted by atomic mass is 16.5. The SMILES string of the molecule is CC(NC(=O)[C@@]12C[C@@H](NC(=O)OCC3c4ccccc4-c4ccccc43)C[C@@H]1C2)C(C)C(=O)O. The number of carbonyl (C=O) groups is 3. The van der Waals surface area contributed by atoms with E-state index in [-0.39, 0.29) is 30.4 Å². The summed E-state index contributed by atoms with van der Waals surface area (Å²) in [5.41, 5.74) is 4.20. The van der Waals surface area contributed by atoms with Crippen LogP contribution in [0.4, 0.5) is 4.79 Å². The number of carboxylic acid groups (broad SMARTS) is 1. The van der Waals surface area contributed by atoms with Crippen molar-refractivity contribution in [3.63, 3.8) is 0 Å². The maximum Gasteiger partial charge on any atom is 0.407 e. The first-order valence-electron chi connectivity index (χ1n) is 12.0. The van der Waals surface area contributed by atoms with E-state index in [2.05, 4.69) is 34.9 Å². The van der Waals surface area contributed by atoms with Gasteiger partial charge >= 0.3 is 12.1 Å². The third kappa shape index (κ3) is 3.83. The number of amides is 2. The van der Waals surface area contributed by atoms with Crippen LogP contribution in [0.5, 0.6) is 0 Å². The average molecular weight is 463 g/mol. The van der Waals surface area contributed by atoms with Gasteiger partial charge in [-0.05, 0) is 61.3 Å². The van der Waals surface area contributed by atoms with Gasteiger partial charge in [0, 0.05) is 18.0 Å². The molecule has 0 saturated heterocycles. The number of hydrogen-bond acceptors (Lipinski definition) is 4. The zero-order chi connectivity index (χ0) is 24.0. The van der Waals surface area contributed by atoms with Gasteiger partial charge in [0.1, 0.15) is 6.61 Å². The maximum atomic E-state index is 12.9. The van der Waals surface area contributed by atoms with Crippen molar-refractivity contribution < 1.29 is 24.2 Å². The van der Waals surface area contributed by atoms with Crippen LogP contribution in [0, 0.1) is 17.3 Å². The first kappa shape index (κ1) is 22.4. The van der Waals surface area contributed by atoms with Gasteiger partial charge in [0.05, 0.1) is 11.3 Å². The summed E-state index contributed by atoms with van der Waals surface area (Å²) in [6.07, 6.45) is 1.62. The number of alkyl carbamates (subject to hydrolysis) is 1. The predicted molar refractivity (Wildman–Crippen MR) is 126 cm³/mol. The second-order valence-corrected chi connectivity index (χ2v) is 10.1. The molecule has 0 heterocycles. The fourth-order valence-electron chi connectivity index (χ4n) is 5.78. The van der Waals surface area contributed by atoms with Gasteiger partial charge in [-0.2, -0.15) is 0 Å². The highest BCUT2D eigenvalue weighted by Crippen LogP contribution is 2.63. The molecule has 2 amide bonds. The molecule has 3 N–H and O–H groups in total. The van der Waals surface area contributed by atoms with Crippen molar-refractivity contribution in [2.45, 2.75) is 51.1 Å². The van der Waals surface area contributed by atoms with Crippen molar-refractivity contribution in [3.8, 4) is 11.1 Å². The molecule has 34 heavy (non-hydrogen) atoms. The Kier molecular flexibility index (Phi) is 5.58. The zero-order valence-electron chi connectivity index (χ0n) is 19.4. The quantitative estimate of drug-likeness (QED) is 0.579. The molecule has 2 saturated carbocycles. The Morgan fingerprint density at radius 1 is 1.03 bits per heavy atom. The molecule has 2 aromatic rings. The van der Waals surface area contributed by atoms with Crippen molar-refractivity contribution in [1.29, 1.82) is 0 Å². The summed E-state index contributed by atoms with van der Waals surface area (Å²) in [6, 6.07) is 15.8. The molecular weight excluding hydrogens is 432 g/mol. The van der Waals surface area contributed by atoms with Gasteiger partial charge in [0.2, 0.25) is 5.91 Å². The second-order valence-electron chi connectivity index (χ2n) is 10.1. The van der Waals surface area contributed by atoms with E-state index in [9.17, 15) is 19.5 Å². The van der Waals surface area contributed by atoms with Crippen molar-refractivity contribution >= 4 is 18.0 Å². The van der Waals surface area contributed by atoms with Crippen LogP contribution in [-0.4, -0.2) is 41.8 Å². The van der Waals surface area contributed by atoms with E-state index >= 15 is 0 Å². The van der Waals surface area contributed by atoms with E-state index < -0.39 is 29.4 Å². The Morgan fingerprint density at radius 3 is 2.26 bits per heavy atom. The van der Waals surface area contributed by atoms with Crippen LogP contribution in [-0.2, 0) is 14.3 Å². The normalized spacial score (nSPS) is 25.9. The summed E-state index contributed by atoms with van der Waals surface area (Å²) in [5, 5.41) is 15.0. The molecule has 2 aromatic carbocycles. The highest BCUT2D eigenvalue weighted by molar-refractivity contribution is 5.87. The lowest BCUT2D eigenvalue weighted by molar-refractivity contribution is -0.142. The topological polar surface area (TPSA) is 105 Å². The van der Waals surface area contributed by atoms with Crippen molar-refractivity contribution in [3.05, 3.63) is 59.7 Å². The Labute approximate surface area is 198 Å². The van der Waals surface area contributed by atoms with E-state index in [0.29, 0.717) is 6.42 Å². The van der Waals surface area contributed by atoms with E-state index in [1.807, 2.05) is 24.3 Å². The monoisotopic (exact) mass is 462 g/mol. The van der Waals surface area contributed by atoms with E-state index in [0.717, 1.165) is 12.8 Å². The largest absolute Gasteiger partial charge is 0.481 e. The Balaban J connectivity index is 1.16. The van der Waals surface area contributed by atoms with Crippen molar-refractivity contribution in [2.75, 3.05) is 6.61 Å². The Hall–Kier alpha value is -3.35. The lowest BCUT2D eigenvalue weighted by atomic mass is 9.98. The molecule has 7 nitrogen and oxygen atoms in total. The molecule has 7 heteroatoms. The van der Waals surface area contributed by atoms with Crippen LogP contribution >= 0.6 is 0 Å². The van der Waals surface area contributed by atoms with Gasteiger partial charge in [0.15, 0.2) is 0 Å². The molecule has 0 aromatic heterocycles. The van der Waals surface area contributed by atoms with Gasteiger partial charge in [-0.1, -0.05) is 48.5 Å². The molecular formula is C27H30N2O5. The number of aliphatic carboxylic acids is 1. The lowest BCUT2D eigenvalue weighted by Gasteiger charge is -2.22. The third-order valence-electron chi connectivity index (χ3n) is 8.03. The average Bonchev–Trinajstić information content (AvgIpc) is 3.25. The smallest absolute Gasteiger partial charge is 0.407 e. The number of nitrogens with one attached hydrogen (secondary N) is 2. The van der Waals surface area contributed by atoms with E-state index in [4.69, 9.17) is 4.74 Å². The molecule has 0 spiro atoms. The third-order valence-corrected chi connectivity index (χ3v) is 8.03. The summed E-state index contributed by atoms with van der Waals surface area (Å²) in [5.74, 6) is -1.47. The molecule has 3 aliphatic rings. The van der Waals surface area contributed by atoms with E-state index in [1.165, 1.54) is 22.3 Å². The van der Waals surface area contributed by atoms with Crippen LogP contribution in [0.15, 0.2) is 48.5 Å². The molecule has 0 radical (unpaired) electrons. The Morgan fingerprint density at radius 2 is 1.65 bits per heavy atom. The minimum absolute atomic E-state index is 0.00460. The zero-order valence-corrected chi connectivity index (χ0v) is 19.4. The summed E-state index contributed by atoms with van der Waals surface area (Å²) < 4.78 is 5.65. The highest BCUT2D eigenvalue weighted by Gasteiger charge is 2.65.